The lowest BCUT2D eigenvalue weighted by atomic mass is 9.33. The Bertz CT molecular complexity index is 5950. The van der Waals surface area contributed by atoms with Crippen molar-refractivity contribution in [3.63, 3.8) is 0 Å². The van der Waals surface area contributed by atoms with Crippen molar-refractivity contribution >= 4 is 127 Å². The van der Waals surface area contributed by atoms with Crippen molar-refractivity contribution in [2.45, 2.75) is 105 Å². The SMILES string of the molecule is CC(C)(C)c1ccc2c(c1)c1cc(C(C)(C)C)ccc1n2-c1ccc2c(c1)-n1c3ccccc3c3ccccc3c3ccccc3c3ccc4c(c31)B2c1ccc(-n2c3cc(C(C)(C)C)ccc3c3ccc(C(C)(C)C)cc32)cc1N4c1cc(-c2ccccc2)cc(-c2ccccc2)c1. The number of rotatable bonds is 5. The van der Waals surface area contributed by atoms with Crippen LogP contribution in [0, 0.1) is 0 Å². The summed E-state index contributed by atoms with van der Waals surface area (Å²) in [6.07, 6.45) is 0. The summed E-state index contributed by atoms with van der Waals surface area (Å²) < 4.78 is 7.82. The van der Waals surface area contributed by atoms with Crippen LogP contribution in [-0.4, -0.2) is 20.4 Å². The molecule has 0 bridgehead atoms. The first kappa shape index (κ1) is 60.5. The van der Waals surface area contributed by atoms with Crippen molar-refractivity contribution in [2.75, 3.05) is 4.90 Å². The third kappa shape index (κ3) is 9.55. The second-order valence-corrected chi connectivity index (χ2v) is 32.2. The zero-order valence-corrected chi connectivity index (χ0v) is 58.8. The van der Waals surface area contributed by atoms with Crippen LogP contribution in [0.4, 0.5) is 17.1 Å². The third-order valence-corrected chi connectivity index (χ3v) is 21.9. The molecule has 0 radical (unpaired) electrons. The molecule has 0 saturated carbocycles. The molecule has 0 saturated heterocycles. The molecule has 0 atom stereocenters. The van der Waals surface area contributed by atoms with Crippen LogP contribution in [0.1, 0.15) is 105 Å². The van der Waals surface area contributed by atoms with Crippen LogP contribution in [0.25, 0.3) is 126 Å². The van der Waals surface area contributed by atoms with E-state index in [1.54, 1.807) is 0 Å². The maximum Gasteiger partial charge on any atom is 0.252 e. The summed E-state index contributed by atoms with van der Waals surface area (Å²) in [5, 5.41) is 12.3. The van der Waals surface area contributed by atoms with Crippen molar-refractivity contribution in [3.05, 3.63) is 295 Å². The number of hydrogen-bond acceptors (Lipinski definition) is 1. The van der Waals surface area contributed by atoms with Crippen LogP contribution < -0.4 is 21.3 Å². The van der Waals surface area contributed by atoms with E-state index in [4.69, 9.17) is 0 Å². The van der Waals surface area contributed by atoms with E-state index >= 15 is 0 Å². The topological polar surface area (TPSA) is 18.0 Å². The van der Waals surface area contributed by atoms with Gasteiger partial charge in [-0.05, 0) is 195 Å². The Hall–Kier alpha value is -10.9. The van der Waals surface area contributed by atoms with Crippen LogP contribution >= 0.6 is 0 Å². The average Bonchev–Trinajstić information content (AvgIpc) is 1.07. The van der Waals surface area contributed by atoms with E-state index in [1.807, 2.05) is 0 Å². The first-order valence-corrected chi connectivity index (χ1v) is 35.4. The number of anilines is 3. The van der Waals surface area contributed by atoms with E-state index in [0.29, 0.717) is 0 Å². The summed E-state index contributed by atoms with van der Waals surface area (Å²) in [7, 11) is 0. The lowest BCUT2D eigenvalue weighted by molar-refractivity contribution is 0.590. The van der Waals surface area contributed by atoms with Crippen LogP contribution in [-0.2, 0) is 21.7 Å². The molecule has 16 aromatic rings. The lowest BCUT2D eigenvalue weighted by Gasteiger charge is -2.41. The summed E-state index contributed by atoms with van der Waals surface area (Å²) in [6, 6.07) is 105. The lowest BCUT2D eigenvalue weighted by Crippen LogP contribution is -2.60. The summed E-state index contributed by atoms with van der Waals surface area (Å²) in [6.45, 7) is 27.8. The fourth-order valence-corrected chi connectivity index (χ4v) is 16.6. The molecule has 5 heterocycles. The number of benzene rings is 13. The zero-order valence-electron chi connectivity index (χ0n) is 58.8. The van der Waals surface area contributed by atoms with Gasteiger partial charge in [-0.2, -0.15) is 0 Å². The summed E-state index contributed by atoms with van der Waals surface area (Å²) in [5.41, 5.74) is 27.4. The van der Waals surface area contributed by atoms with Crippen molar-refractivity contribution in [1.29, 1.82) is 0 Å². The molecule has 2 aliphatic rings. The van der Waals surface area contributed by atoms with Gasteiger partial charge in [0, 0.05) is 66.4 Å². The number of para-hydroxylation sites is 1. The van der Waals surface area contributed by atoms with Gasteiger partial charge in [-0.25, -0.2) is 0 Å². The van der Waals surface area contributed by atoms with E-state index in [1.165, 1.54) is 131 Å². The van der Waals surface area contributed by atoms with Crippen LogP contribution in [0.15, 0.2) is 273 Å². The fraction of sp³-hybridized carbons (Fsp3) is 0.170. The van der Waals surface area contributed by atoms with Crippen molar-refractivity contribution < 1.29 is 0 Å². The molecule has 0 spiro atoms. The van der Waals surface area contributed by atoms with Gasteiger partial charge in [0.25, 0.3) is 6.71 Å². The number of aromatic nitrogens is 3. The highest BCUT2D eigenvalue weighted by Crippen LogP contribution is 2.48. The maximum absolute atomic E-state index is 2.69. The Morgan fingerprint density at radius 1 is 0.232 bits per heavy atom. The molecule has 0 aliphatic carbocycles. The minimum atomic E-state index is -0.205. The minimum Gasteiger partial charge on any atom is -0.311 e. The van der Waals surface area contributed by atoms with E-state index in [-0.39, 0.29) is 28.4 Å². The predicted octanol–water partition coefficient (Wildman–Crippen LogP) is 23.5. The van der Waals surface area contributed by atoms with Gasteiger partial charge in [-0.3, -0.25) is 0 Å². The summed E-state index contributed by atoms with van der Waals surface area (Å²) in [4.78, 5) is 2.64. The molecule has 5 heteroatoms. The first-order valence-electron chi connectivity index (χ1n) is 35.4. The largest absolute Gasteiger partial charge is 0.311 e. The molecule has 99 heavy (non-hydrogen) atoms. The van der Waals surface area contributed by atoms with Gasteiger partial charge < -0.3 is 18.6 Å². The molecule has 0 amide bonds. The molecule has 18 rings (SSSR count). The standard InChI is InChI=1S/C94H81BN4/c1-91(2,3)62-37-46-82-77(52-62)78-53-63(92(4,5)6)38-47-83(78)96(82)66-39-45-80-88(57-66)99-81-34-24-23-33-73(81)71-31-21-19-29-69(71)70-30-20-22-32-72(70)76-43-48-84-89(90(76)99)95(80)79-44-40-67(97-85-54-64(93(7,8)9)35-41-74(85)75-42-36-65(55-86(75)97)94(10,11)12)56-87(79)98(84)68-50-60(58-25-15-13-16-26-58)49-61(51-68)59-27-17-14-18-28-59/h13-57H,1-12H3. The highest BCUT2D eigenvalue weighted by Gasteiger charge is 2.42. The molecule has 480 valence electrons. The van der Waals surface area contributed by atoms with Crippen LogP contribution in [0.5, 0.6) is 0 Å². The molecule has 4 nitrogen and oxygen atoms in total. The van der Waals surface area contributed by atoms with E-state index < -0.39 is 0 Å². The summed E-state index contributed by atoms with van der Waals surface area (Å²) >= 11 is 0. The van der Waals surface area contributed by atoms with Crippen LogP contribution in [0.3, 0.4) is 0 Å². The monoisotopic (exact) mass is 1280 g/mol. The van der Waals surface area contributed by atoms with Crippen LogP contribution in [0.2, 0.25) is 0 Å². The Labute approximate surface area is 581 Å². The van der Waals surface area contributed by atoms with Crippen molar-refractivity contribution in [3.8, 4) is 39.3 Å². The quantitative estimate of drug-likeness (QED) is 0.157. The van der Waals surface area contributed by atoms with Crippen molar-refractivity contribution in [2.24, 2.45) is 0 Å². The average molecular weight is 1280 g/mol. The number of hydrogen-bond donors (Lipinski definition) is 0. The summed E-state index contributed by atoms with van der Waals surface area (Å²) in [5.74, 6) is 0. The Morgan fingerprint density at radius 3 is 1.12 bits per heavy atom. The van der Waals surface area contributed by atoms with Gasteiger partial charge in [0.2, 0.25) is 0 Å². The molecule has 3 aromatic heterocycles. The Kier molecular flexibility index (Phi) is 13.3. The highest BCUT2D eigenvalue weighted by molar-refractivity contribution is 7.00. The van der Waals surface area contributed by atoms with E-state index in [0.717, 1.165) is 50.8 Å². The Balaban J connectivity index is 1.02. The third-order valence-electron chi connectivity index (χ3n) is 21.9. The minimum absolute atomic E-state index is 0.0363. The zero-order chi connectivity index (χ0) is 67.8. The molecule has 0 unspecified atom stereocenters. The molecule has 0 N–H and O–H groups in total. The molecule has 0 fully saturated rings. The second kappa shape index (κ2) is 21.8. The van der Waals surface area contributed by atoms with Gasteiger partial charge >= 0.3 is 0 Å². The van der Waals surface area contributed by atoms with Gasteiger partial charge in [0.05, 0.1) is 33.1 Å². The normalized spacial score (nSPS) is 13.2. The van der Waals surface area contributed by atoms with Crippen molar-refractivity contribution in [1.82, 2.24) is 13.7 Å². The van der Waals surface area contributed by atoms with Gasteiger partial charge in [0.1, 0.15) is 0 Å². The first-order chi connectivity index (χ1) is 47.6. The maximum atomic E-state index is 2.69. The number of nitrogens with zero attached hydrogens (tertiary/aromatic N) is 4. The fourth-order valence-electron chi connectivity index (χ4n) is 16.6. The number of fused-ring (bicyclic) bond motifs is 18. The molecule has 2 aliphatic heterocycles. The molecular weight excluding hydrogens is 1200 g/mol. The Morgan fingerprint density at radius 2 is 0.616 bits per heavy atom. The van der Waals surface area contributed by atoms with E-state index in [9.17, 15) is 0 Å². The van der Waals surface area contributed by atoms with Gasteiger partial charge in [-0.1, -0.05) is 265 Å². The molecule has 13 aromatic carbocycles. The van der Waals surface area contributed by atoms with E-state index in [2.05, 4.69) is 375 Å². The van der Waals surface area contributed by atoms with Gasteiger partial charge in [-0.15, -0.1) is 0 Å². The van der Waals surface area contributed by atoms with Gasteiger partial charge in [0.15, 0.2) is 0 Å². The molecular formula is C94H81BN4. The smallest absolute Gasteiger partial charge is 0.252 e. The second-order valence-electron chi connectivity index (χ2n) is 32.2. The highest BCUT2D eigenvalue weighted by atomic mass is 15.2. The predicted molar refractivity (Wildman–Crippen MR) is 427 cm³/mol.